The average molecular weight is 222 g/mol. The summed E-state index contributed by atoms with van der Waals surface area (Å²) in [5.74, 6) is 0.610. The summed E-state index contributed by atoms with van der Waals surface area (Å²) in [6, 6.07) is 10.2. The molecule has 90 valence electrons. The maximum absolute atomic E-state index is 10.1. The van der Waals surface area contributed by atoms with Gasteiger partial charge in [0.05, 0.1) is 12.7 Å². The molecule has 3 unspecified atom stereocenters. The number of methoxy groups -OCH3 is 1. The van der Waals surface area contributed by atoms with Crippen molar-refractivity contribution >= 4 is 0 Å². The van der Waals surface area contributed by atoms with E-state index in [1.807, 2.05) is 18.2 Å². The van der Waals surface area contributed by atoms with E-state index < -0.39 is 6.10 Å². The Kier molecular flexibility index (Phi) is 5.50. The van der Waals surface area contributed by atoms with Gasteiger partial charge in [0, 0.05) is 13.0 Å². The molecular weight excluding hydrogens is 200 g/mol. The fraction of sp³-hybridized carbons (Fsp3) is 0.571. The van der Waals surface area contributed by atoms with E-state index in [1.165, 1.54) is 5.56 Å². The van der Waals surface area contributed by atoms with Crippen LogP contribution in [0.5, 0.6) is 0 Å². The molecule has 0 bridgehead atoms. The van der Waals surface area contributed by atoms with Crippen LogP contribution >= 0.6 is 0 Å². The SMILES string of the molecule is CCC(C)C(c1ccccc1)C(O)COC. The first-order valence-electron chi connectivity index (χ1n) is 5.92. The highest BCUT2D eigenvalue weighted by Crippen LogP contribution is 2.30. The molecule has 1 aromatic rings. The van der Waals surface area contributed by atoms with Gasteiger partial charge in [0.15, 0.2) is 0 Å². The second-order valence-corrected chi connectivity index (χ2v) is 4.34. The first-order valence-corrected chi connectivity index (χ1v) is 5.92. The topological polar surface area (TPSA) is 29.5 Å². The molecular formula is C14H22O2. The van der Waals surface area contributed by atoms with Crippen LogP contribution in [-0.4, -0.2) is 24.9 Å². The predicted octanol–water partition coefficient (Wildman–Crippen LogP) is 2.82. The molecule has 0 saturated carbocycles. The second kappa shape index (κ2) is 6.66. The fourth-order valence-electron chi connectivity index (χ4n) is 2.13. The zero-order valence-electron chi connectivity index (χ0n) is 10.4. The molecule has 0 aliphatic carbocycles. The molecule has 0 heterocycles. The average Bonchev–Trinajstić information content (AvgIpc) is 2.31. The van der Waals surface area contributed by atoms with Gasteiger partial charge in [-0.3, -0.25) is 0 Å². The van der Waals surface area contributed by atoms with Gasteiger partial charge in [0.1, 0.15) is 0 Å². The Balaban J connectivity index is 2.87. The van der Waals surface area contributed by atoms with Gasteiger partial charge in [-0.2, -0.15) is 0 Å². The lowest BCUT2D eigenvalue weighted by molar-refractivity contribution is 0.0334. The van der Waals surface area contributed by atoms with Gasteiger partial charge >= 0.3 is 0 Å². The quantitative estimate of drug-likeness (QED) is 0.802. The highest BCUT2D eigenvalue weighted by atomic mass is 16.5. The Morgan fingerprint density at radius 2 is 1.88 bits per heavy atom. The van der Waals surface area contributed by atoms with Gasteiger partial charge in [0.2, 0.25) is 0 Å². The van der Waals surface area contributed by atoms with Gasteiger partial charge in [-0.15, -0.1) is 0 Å². The Morgan fingerprint density at radius 1 is 1.25 bits per heavy atom. The molecule has 16 heavy (non-hydrogen) atoms. The normalized spacial score (nSPS) is 16.8. The lowest BCUT2D eigenvalue weighted by Gasteiger charge is -2.28. The van der Waals surface area contributed by atoms with Crippen LogP contribution in [0.2, 0.25) is 0 Å². The van der Waals surface area contributed by atoms with E-state index in [4.69, 9.17) is 4.74 Å². The molecule has 2 nitrogen and oxygen atoms in total. The molecule has 0 spiro atoms. The number of hydrogen-bond donors (Lipinski definition) is 1. The van der Waals surface area contributed by atoms with Crippen LogP contribution < -0.4 is 0 Å². The second-order valence-electron chi connectivity index (χ2n) is 4.34. The largest absolute Gasteiger partial charge is 0.390 e. The van der Waals surface area contributed by atoms with E-state index in [-0.39, 0.29) is 5.92 Å². The summed E-state index contributed by atoms with van der Waals surface area (Å²) < 4.78 is 5.05. The van der Waals surface area contributed by atoms with Gasteiger partial charge in [-0.25, -0.2) is 0 Å². The number of benzene rings is 1. The summed E-state index contributed by atoms with van der Waals surface area (Å²) >= 11 is 0. The van der Waals surface area contributed by atoms with Gasteiger partial charge in [0.25, 0.3) is 0 Å². The summed E-state index contributed by atoms with van der Waals surface area (Å²) in [7, 11) is 1.63. The van der Waals surface area contributed by atoms with Crippen LogP contribution in [0, 0.1) is 5.92 Å². The number of aliphatic hydroxyl groups excluding tert-OH is 1. The lowest BCUT2D eigenvalue weighted by Crippen LogP contribution is -2.28. The summed E-state index contributed by atoms with van der Waals surface area (Å²) in [5, 5.41) is 10.1. The third-order valence-electron chi connectivity index (χ3n) is 3.19. The molecule has 0 aromatic heterocycles. The molecule has 0 aliphatic rings. The Hall–Kier alpha value is -0.860. The highest BCUT2D eigenvalue weighted by molar-refractivity contribution is 5.21. The molecule has 1 rings (SSSR count). The van der Waals surface area contributed by atoms with E-state index in [2.05, 4.69) is 26.0 Å². The first kappa shape index (κ1) is 13.2. The molecule has 0 aliphatic heterocycles. The van der Waals surface area contributed by atoms with Crippen LogP contribution in [0.15, 0.2) is 30.3 Å². The third-order valence-corrected chi connectivity index (χ3v) is 3.19. The smallest absolute Gasteiger partial charge is 0.0844 e. The summed E-state index contributed by atoms with van der Waals surface area (Å²) in [5.41, 5.74) is 1.20. The predicted molar refractivity (Wildman–Crippen MR) is 66.5 cm³/mol. The van der Waals surface area contributed by atoms with Crippen molar-refractivity contribution in [1.29, 1.82) is 0 Å². The fourth-order valence-corrected chi connectivity index (χ4v) is 2.13. The highest BCUT2D eigenvalue weighted by Gasteiger charge is 2.25. The van der Waals surface area contributed by atoms with Crippen molar-refractivity contribution < 1.29 is 9.84 Å². The standard InChI is InChI=1S/C14H22O2/c1-4-11(2)14(13(15)10-16-3)12-8-6-5-7-9-12/h5-9,11,13-15H,4,10H2,1-3H3. The van der Waals surface area contributed by atoms with Crippen LogP contribution in [0.1, 0.15) is 31.7 Å². The van der Waals surface area contributed by atoms with E-state index in [0.717, 1.165) is 6.42 Å². The van der Waals surface area contributed by atoms with Crippen LogP contribution in [0.25, 0.3) is 0 Å². The monoisotopic (exact) mass is 222 g/mol. The molecule has 1 aromatic carbocycles. The molecule has 0 amide bonds. The molecule has 3 atom stereocenters. The molecule has 0 saturated heterocycles. The number of rotatable bonds is 6. The minimum Gasteiger partial charge on any atom is -0.390 e. The van der Waals surface area contributed by atoms with Gasteiger partial charge in [-0.1, -0.05) is 50.6 Å². The van der Waals surface area contributed by atoms with Crippen LogP contribution in [0.3, 0.4) is 0 Å². The van der Waals surface area contributed by atoms with E-state index in [9.17, 15) is 5.11 Å². The zero-order valence-corrected chi connectivity index (χ0v) is 10.4. The summed E-state index contributed by atoms with van der Waals surface area (Å²) in [6.45, 7) is 4.72. The minimum absolute atomic E-state index is 0.158. The van der Waals surface area contributed by atoms with Crippen LogP contribution in [-0.2, 0) is 4.74 Å². The summed E-state index contributed by atoms with van der Waals surface area (Å²) in [4.78, 5) is 0. The number of aliphatic hydroxyl groups is 1. The van der Waals surface area contributed by atoms with Crippen molar-refractivity contribution in [1.82, 2.24) is 0 Å². The van der Waals surface area contributed by atoms with Crippen molar-refractivity contribution in [3.63, 3.8) is 0 Å². The number of hydrogen-bond acceptors (Lipinski definition) is 2. The van der Waals surface area contributed by atoms with Gasteiger partial charge < -0.3 is 9.84 Å². The maximum atomic E-state index is 10.1. The Morgan fingerprint density at radius 3 is 2.38 bits per heavy atom. The summed E-state index contributed by atoms with van der Waals surface area (Å²) in [6.07, 6.45) is 0.628. The zero-order chi connectivity index (χ0) is 12.0. The Labute approximate surface area is 98.3 Å². The van der Waals surface area contributed by atoms with Gasteiger partial charge in [-0.05, 0) is 11.5 Å². The Bertz CT molecular complexity index is 284. The molecule has 1 N–H and O–H groups in total. The minimum atomic E-state index is -0.428. The van der Waals surface area contributed by atoms with Crippen molar-refractivity contribution in [2.45, 2.75) is 32.3 Å². The number of ether oxygens (including phenoxy) is 1. The van der Waals surface area contributed by atoms with Crippen molar-refractivity contribution in [3.8, 4) is 0 Å². The molecule has 0 radical (unpaired) electrons. The van der Waals surface area contributed by atoms with Crippen molar-refractivity contribution in [2.24, 2.45) is 5.92 Å². The lowest BCUT2D eigenvalue weighted by atomic mass is 9.82. The van der Waals surface area contributed by atoms with Crippen LogP contribution in [0.4, 0.5) is 0 Å². The maximum Gasteiger partial charge on any atom is 0.0844 e. The van der Waals surface area contributed by atoms with E-state index in [0.29, 0.717) is 12.5 Å². The van der Waals surface area contributed by atoms with Crippen molar-refractivity contribution in [2.75, 3.05) is 13.7 Å². The molecule has 0 fully saturated rings. The van der Waals surface area contributed by atoms with Crippen molar-refractivity contribution in [3.05, 3.63) is 35.9 Å². The van der Waals surface area contributed by atoms with E-state index >= 15 is 0 Å². The third kappa shape index (κ3) is 3.32. The molecule has 2 heteroatoms. The first-order chi connectivity index (χ1) is 7.70. The van der Waals surface area contributed by atoms with E-state index in [1.54, 1.807) is 7.11 Å².